The lowest BCUT2D eigenvalue weighted by Crippen LogP contribution is -2.59. The molecule has 1 aromatic rings. The number of carbonyl (C=O) groups excluding carboxylic acids is 5. The van der Waals surface area contributed by atoms with Crippen LogP contribution in [0.2, 0.25) is 10.0 Å². The van der Waals surface area contributed by atoms with Crippen LogP contribution in [0.5, 0.6) is 0 Å². The van der Waals surface area contributed by atoms with Crippen molar-refractivity contribution in [2.24, 2.45) is 10.6 Å². The molecule has 13 nitrogen and oxygen atoms in total. The summed E-state index contributed by atoms with van der Waals surface area (Å²) in [4.78, 5) is 74.6. The Morgan fingerprint density at radius 2 is 1.79 bits per heavy atom. The third-order valence-corrected chi connectivity index (χ3v) is 9.34. The van der Waals surface area contributed by atoms with Crippen LogP contribution < -0.4 is 16.0 Å². The number of ketones is 1. The molecule has 3 aliphatic heterocycles. The van der Waals surface area contributed by atoms with Crippen molar-refractivity contribution in [3.63, 3.8) is 0 Å². The van der Waals surface area contributed by atoms with Crippen molar-refractivity contribution in [1.82, 2.24) is 20.9 Å². The third kappa shape index (κ3) is 8.59. The summed E-state index contributed by atoms with van der Waals surface area (Å²) in [5.74, 6) is -2.64. The van der Waals surface area contributed by atoms with Crippen molar-refractivity contribution < 1.29 is 38.3 Å². The summed E-state index contributed by atoms with van der Waals surface area (Å²) in [5, 5.41) is 13.3. The Bertz CT molecular complexity index is 1450. The summed E-state index contributed by atoms with van der Waals surface area (Å²) in [6, 6.07) is 1.68. The zero-order valence-electron chi connectivity index (χ0n) is 27.6. The molecule has 2 saturated heterocycles. The second-order valence-corrected chi connectivity index (χ2v) is 15.0. The number of hydrogen-bond donors (Lipinski definition) is 3. The van der Waals surface area contributed by atoms with E-state index in [9.17, 15) is 24.0 Å². The first kappa shape index (κ1) is 35.9. The molecular weight excluding hydrogens is 665 g/mol. The Morgan fingerprint density at radius 3 is 2.40 bits per heavy atom. The van der Waals surface area contributed by atoms with E-state index in [0.29, 0.717) is 40.8 Å². The van der Waals surface area contributed by atoms with Gasteiger partial charge < -0.3 is 35.2 Å². The van der Waals surface area contributed by atoms with E-state index in [1.807, 2.05) is 6.92 Å². The Morgan fingerprint density at radius 1 is 1.08 bits per heavy atom. The molecule has 3 fully saturated rings. The van der Waals surface area contributed by atoms with Crippen LogP contribution in [0.3, 0.4) is 0 Å². The van der Waals surface area contributed by atoms with Gasteiger partial charge >= 0.3 is 6.09 Å². The summed E-state index contributed by atoms with van der Waals surface area (Å²) in [7, 11) is 0. The fourth-order valence-corrected chi connectivity index (χ4v) is 6.72. The normalized spacial score (nSPS) is 24.8. The minimum Gasteiger partial charge on any atom is -0.444 e. The molecule has 5 rings (SSSR count). The maximum Gasteiger partial charge on any atom is 0.408 e. The summed E-state index contributed by atoms with van der Waals surface area (Å²) in [6.07, 6.45) is 1.98. The molecule has 0 radical (unpaired) electrons. The summed E-state index contributed by atoms with van der Waals surface area (Å²) >= 11 is 12.5. The molecule has 48 heavy (non-hydrogen) atoms. The van der Waals surface area contributed by atoms with Crippen LogP contribution in [0.15, 0.2) is 23.4 Å². The van der Waals surface area contributed by atoms with Gasteiger partial charge in [0.15, 0.2) is 5.60 Å². The summed E-state index contributed by atoms with van der Waals surface area (Å²) in [5.41, 5.74) is -0.717. The van der Waals surface area contributed by atoms with Gasteiger partial charge in [0.25, 0.3) is 5.91 Å². The maximum absolute atomic E-state index is 14.4. The molecule has 5 atom stereocenters. The van der Waals surface area contributed by atoms with Crippen molar-refractivity contribution in [3.05, 3.63) is 33.8 Å². The molecule has 4 aliphatic rings. The molecule has 262 valence electrons. The number of oxime groups is 1. The number of amides is 4. The molecule has 3 heterocycles. The molecule has 1 spiro atoms. The van der Waals surface area contributed by atoms with Crippen LogP contribution in [0.25, 0.3) is 0 Å². The van der Waals surface area contributed by atoms with Gasteiger partial charge in [-0.15, -0.1) is 0 Å². The van der Waals surface area contributed by atoms with Crippen molar-refractivity contribution in [3.8, 4) is 0 Å². The second kappa shape index (κ2) is 14.6. The average molecular weight is 709 g/mol. The Balaban J connectivity index is 1.39. The van der Waals surface area contributed by atoms with E-state index < -0.39 is 64.8 Å². The molecular formula is C33H43Cl2N5O8. The van der Waals surface area contributed by atoms with Gasteiger partial charge in [0.1, 0.15) is 18.2 Å². The molecule has 15 heteroatoms. The van der Waals surface area contributed by atoms with E-state index in [2.05, 4.69) is 21.1 Å². The Labute approximate surface area is 289 Å². The highest BCUT2D eigenvalue weighted by atomic mass is 35.5. The van der Waals surface area contributed by atoms with Crippen molar-refractivity contribution in [2.45, 2.75) is 109 Å². The van der Waals surface area contributed by atoms with Gasteiger partial charge in [0.05, 0.1) is 31.5 Å². The number of alkyl carbamates (subject to hydrolysis) is 1. The molecule has 0 bridgehead atoms. The van der Waals surface area contributed by atoms with E-state index >= 15 is 0 Å². The first-order valence-electron chi connectivity index (χ1n) is 16.4. The molecule has 1 saturated carbocycles. The minimum atomic E-state index is -1.11. The number of ether oxygens (including phenoxy) is 2. The second-order valence-electron chi connectivity index (χ2n) is 14.1. The predicted octanol–water partition coefficient (Wildman–Crippen LogP) is 3.52. The first-order chi connectivity index (χ1) is 22.7. The van der Waals surface area contributed by atoms with Gasteiger partial charge in [-0.25, -0.2) is 4.79 Å². The fraction of sp³-hybridized carbons (Fsp3) is 0.636. The number of benzene rings is 1. The lowest BCUT2D eigenvalue weighted by molar-refractivity contribution is -0.144. The van der Waals surface area contributed by atoms with Crippen LogP contribution in [0, 0.1) is 5.41 Å². The Kier molecular flexibility index (Phi) is 10.9. The van der Waals surface area contributed by atoms with E-state index in [0.717, 1.165) is 12.8 Å². The van der Waals surface area contributed by atoms with Crippen LogP contribution in [0.1, 0.15) is 78.2 Å². The van der Waals surface area contributed by atoms with Gasteiger partial charge in [-0.05, 0) is 42.9 Å². The highest BCUT2D eigenvalue weighted by Crippen LogP contribution is 2.40. The number of likely N-dealkylation sites (tertiary alicyclic amines) is 1. The highest BCUT2D eigenvalue weighted by molar-refractivity contribution is 6.38. The van der Waals surface area contributed by atoms with Gasteiger partial charge in [-0.2, -0.15) is 0 Å². The van der Waals surface area contributed by atoms with Gasteiger partial charge in [0.2, 0.25) is 17.6 Å². The van der Waals surface area contributed by atoms with Gasteiger partial charge in [-0.3, -0.25) is 19.2 Å². The molecule has 1 aromatic carbocycles. The lowest BCUT2D eigenvalue weighted by atomic mass is 9.85. The molecule has 4 amide bonds. The SMILES string of the molecule is CCC[C@H](NC(=O)[C@@H]1C[C@]2(CC(c3cc(Cl)cc(Cl)c3)=NO2)CN1C(=O)[C@@H](NC(=O)O[C@H]1CCOC1)C(C)(C)C)C(=O)C(=O)NC1CC1. The van der Waals surface area contributed by atoms with E-state index in [1.165, 1.54) is 4.90 Å². The average Bonchev–Trinajstić information content (AvgIpc) is 3.37. The number of rotatable bonds is 11. The summed E-state index contributed by atoms with van der Waals surface area (Å²) in [6.45, 7) is 7.92. The number of Topliss-reactive ketones (excluding diaryl/α,β-unsaturated/α-hetero) is 1. The van der Waals surface area contributed by atoms with Crippen molar-refractivity contribution in [2.75, 3.05) is 19.8 Å². The maximum atomic E-state index is 14.4. The Hall–Kier alpha value is -3.42. The number of carbonyl (C=O) groups is 5. The number of hydrogen-bond acceptors (Lipinski definition) is 9. The quantitative estimate of drug-likeness (QED) is 0.294. The zero-order valence-corrected chi connectivity index (χ0v) is 29.1. The monoisotopic (exact) mass is 707 g/mol. The van der Waals surface area contributed by atoms with Crippen LogP contribution in [-0.2, 0) is 33.5 Å². The van der Waals surface area contributed by atoms with Crippen LogP contribution in [-0.4, -0.2) is 95.8 Å². The molecule has 3 N–H and O–H groups in total. The number of halogens is 2. The zero-order chi connectivity index (χ0) is 34.8. The number of nitrogens with one attached hydrogen (secondary N) is 3. The lowest BCUT2D eigenvalue weighted by Gasteiger charge is -2.35. The van der Waals surface area contributed by atoms with Crippen LogP contribution in [0.4, 0.5) is 4.79 Å². The van der Waals surface area contributed by atoms with Gasteiger partial charge in [0, 0.05) is 40.9 Å². The topological polar surface area (TPSA) is 165 Å². The van der Waals surface area contributed by atoms with Gasteiger partial charge in [-0.1, -0.05) is 62.5 Å². The predicted molar refractivity (Wildman–Crippen MR) is 177 cm³/mol. The van der Waals surface area contributed by atoms with E-state index in [-0.39, 0.29) is 38.5 Å². The first-order valence-corrected chi connectivity index (χ1v) is 17.2. The van der Waals surface area contributed by atoms with Crippen molar-refractivity contribution >= 4 is 58.5 Å². The molecule has 0 aromatic heterocycles. The minimum absolute atomic E-state index is 0.0277. The van der Waals surface area contributed by atoms with E-state index in [1.54, 1.807) is 39.0 Å². The highest BCUT2D eigenvalue weighted by Gasteiger charge is 2.56. The standard InChI is InChI=1S/C33H43Cl2N5O8/c1-5-6-23(26(41)29(43)36-21-7-8-21)37-28(42)25-15-33(14-24(39-48-33)18-11-19(34)13-20(35)12-18)17-40(25)30(44)27(32(2,3)4)38-31(45)47-22-9-10-46-16-22/h11-13,21-23,25,27H,5-10,14-17H2,1-4H3,(H,36,43)(H,37,42)(H,38,45)/t22-,23-,25-,27+,33+/m0/s1. The molecule has 0 unspecified atom stereocenters. The summed E-state index contributed by atoms with van der Waals surface area (Å²) < 4.78 is 10.8. The smallest absolute Gasteiger partial charge is 0.408 e. The number of nitrogens with zero attached hydrogens (tertiary/aromatic N) is 2. The molecule has 1 aliphatic carbocycles. The largest absolute Gasteiger partial charge is 0.444 e. The van der Waals surface area contributed by atoms with E-state index in [4.69, 9.17) is 37.5 Å². The third-order valence-electron chi connectivity index (χ3n) is 8.90. The van der Waals surface area contributed by atoms with Crippen LogP contribution >= 0.6 is 23.2 Å². The fourth-order valence-electron chi connectivity index (χ4n) is 6.20. The van der Waals surface area contributed by atoms with Crippen molar-refractivity contribution in [1.29, 1.82) is 0 Å².